The third-order valence-electron chi connectivity index (χ3n) is 2.79. The molecule has 1 aromatic carbocycles. The summed E-state index contributed by atoms with van der Waals surface area (Å²) in [5, 5.41) is 0. The smallest absolute Gasteiger partial charge is 0.119 e. The molecule has 0 bridgehead atoms. The molecule has 2 aromatic rings. The van der Waals surface area contributed by atoms with E-state index in [-0.39, 0.29) is 6.04 Å². The van der Waals surface area contributed by atoms with E-state index in [1.54, 1.807) is 12.4 Å². The number of hydrogen-bond acceptors (Lipinski definition) is 3. The van der Waals surface area contributed by atoms with Crippen molar-refractivity contribution in [3.63, 3.8) is 0 Å². The summed E-state index contributed by atoms with van der Waals surface area (Å²) in [6, 6.07) is 12.0. The molecule has 0 aliphatic carbocycles. The lowest BCUT2D eigenvalue weighted by Crippen LogP contribution is -2.06. The van der Waals surface area contributed by atoms with Gasteiger partial charge in [0.15, 0.2) is 0 Å². The molecule has 0 fully saturated rings. The zero-order valence-corrected chi connectivity index (χ0v) is 10.5. The van der Waals surface area contributed by atoms with Crippen molar-refractivity contribution in [3.8, 4) is 5.75 Å². The van der Waals surface area contributed by atoms with E-state index in [4.69, 9.17) is 10.5 Å². The van der Waals surface area contributed by atoms with Crippen LogP contribution in [0.1, 0.15) is 24.1 Å². The van der Waals surface area contributed by atoms with Crippen LogP contribution in [0.2, 0.25) is 0 Å². The molecule has 0 unspecified atom stereocenters. The highest BCUT2D eigenvalue weighted by molar-refractivity contribution is 5.30. The average Bonchev–Trinajstić information content (AvgIpc) is 2.40. The molecule has 94 valence electrons. The molecule has 1 aromatic heterocycles. The van der Waals surface area contributed by atoms with Crippen LogP contribution in [-0.4, -0.2) is 11.6 Å². The average molecular weight is 242 g/mol. The summed E-state index contributed by atoms with van der Waals surface area (Å²) in [5.41, 5.74) is 8.16. The largest absolute Gasteiger partial charge is 0.493 e. The zero-order valence-electron chi connectivity index (χ0n) is 10.5. The Morgan fingerprint density at radius 3 is 2.72 bits per heavy atom. The van der Waals surface area contributed by atoms with Crippen LogP contribution in [0.15, 0.2) is 48.8 Å². The first-order valence-electron chi connectivity index (χ1n) is 6.13. The standard InChI is InChI=1S/C15H18N2O/c1-12(16)14-3-2-4-15(11-14)18-10-7-13-5-8-17-9-6-13/h2-6,8-9,11-12H,7,10,16H2,1H3/t12-/m0/s1. The van der Waals surface area contributed by atoms with Crippen molar-refractivity contribution < 1.29 is 4.74 Å². The van der Waals surface area contributed by atoms with Gasteiger partial charge in [0.05, 0.1) is 6.61 Å². The molecule has 0 saturated heterocycles. The second-order valence-corrected chi connectivity index (χ2v) is 4.32. The Hall–Kier alpha value is -1.87. The van der Waals surface area contributed by atoms with E-state index in [0.29, 0.717) is 6.61 Å². The molecule has 0 radical (unpaired) electrons. The van der Waals surface area contributed by atoms with Crippen LogP contribution in [0.25, 0.3) is 0 Å². The van der Waals surface area contributed by atoms with Gasteiger partial charge in [-0.2, -0.15) is 0 Å². The Kier molecular flexibility index (Phi) is 4.31. The van der Waals surface area contributed by atoms with Gasteiger partial charge in [-0.15, -0.1) is 0 Å². The quantitative estimate of drug-likeness (QED) is 0.877. The van der Waals surface area contributed by atoms with Crippen molar-refractivity contribution in [1.82, 2.24) is 4.98 Å². The second kappa shape index (κ2) is 6.17. The first-order valence-corrected chi connectivity index (χ1v) is 6.13. The van der Waals surface area contributed by atoms with Gasteiger partial charge in [-0.1, -0.05) is 12.1 Å². The van der Waals surface area contributed by atoms with Gasteiger partial charge < -0.3 is 10.5 Å². The first kappa shape index (κ1) is 12.6. The van der Waals surface area contributed by atoms with Gasteiger partial charge in [0.25, 0.3) is 0 Å². The van der Waals surface area contributed by atoms with E-state index >= 15 is 0 Å². The summed E-state index contributed by atoms with van der Waals surface area (Å²) >= 11 is 0. The van der Waals surface area contributed by atoms with Crippen LogP contribution < -0.4 is 10.5 Å². The fourth-order valence-electron chi connectivity index (χ4n) is 1.72. The Balaban J connectivity index is 1.89. The molecule has 18 heavy (non-hydrogen) atoms. The van der Waals surface area contributed by atoms with Gasteiger partial charge in [-0.05, 0) is 42.3 Å². The summed E-state index contributed by atoms with van der Waals surface area (Å²) in [7, 11) is 0. The van der Waals surface area contributed by atoms with Crippen LogP contribution in [-0.2, 0) is 6.42 Å². The molecule has 3 heteroatoms. The Morgan fingerprint density at radius 2 is 2.00 bits per heavy atom. The second-order valence-electron chi connectivity index (χ2n) is 4.32. The van der Waals surface area contributed by atoms with Gasteiger partial charge >= 0.3 is 0 Å². The Morgan fingerprint density at radius 1 is 1.22 bits per heavy atom. The molecule has 1 atom stereocenters. The number of rotatable bonds is 5. The number of nitrogens with two attached hydrogens (primary N) is 1. The molecule has 2 N–H and O–H groups in total. The molecule has 2 rings (SSSR count). The molecule has 0 spiro atoms. The maximum absolute atomic E-state index is 5.84. The van der Waals surface area contributed by atoms with E-state index < -0.39 is 0 Å². The van der Waals surface area contributed by atoms with E-state index in [1.165, 1.54) is 5.56 Å². The fourth-order valence-corrected chi connectivity index (χ4v) is 1.72. The lowest BCUT2D eigenvalue weighted by Gasteiger charge is -2.10. The Labute approximate surface area is 108 Å². The summed E-state index contributed by atoms with van der Waals surface area (Å²) in [5.74, 6) is 0.874. The number of hydrogen-bond donors (Lipinski definition) is 1. The fraction of sp³-hybridized carbons (Fsp3) is 0.267. The van der Waals surface area contributed by atoms with E-state index in [2.05, 4.69) is 4.98 Å². The predicted molar refractivity (Wildman–Crippen MR) is 72.5 cm³/mol. The number of pyridine rings is 1. The highest BCUT2D eigenvalue weighted by Gasteiger charge is 2.01. The summed E-state index contributed by atoms with van der Waals surface area (Å²) in [6.45, 7) is 2.63. The molecule has 3 nitrogen and oxygen atoms in total. The van der Waals surface area contributed by atoms with Gasteiger partial charge in [0.2, 0.25) is 0 Å². The highest BCUT2D eigenvalue weighted by Crippen LogP contribution is 2.17. The Bertz CT molecular complexity index is 483. The number of aromatic nitrogens is 1. The number of ether oxygens (including phenoxy) is 1. The van der Waals surface area contributed by atoms with E-state index in [0.717, 1.165) is 17.7 Å². The monoisotopic (exact) mass is 242 g/mol. The van der Waals surface area contributed by atoms with Crippen LogP contribution in [0.4, 0.5) is 0 Å². The SMILES string of the molecule is C[C@H](N)c1cccc(OCCc2ccncc2)c1. The third kappa shape index (κ3) is 3.57. The summed E-state index contributed by atoms with van der Waals surface area (Å²) in [6.07, 6.45) is 4.48. The minimum atomic E-state index is 0.0359. The van der Waals surface area contributed by atoms with Crippen molar-refractivity contribution in [2.45, 2.75) is 19.4 Å². The highest BCUT2D eigenvalue weighted by atomic mass is 16.5. The predicted octanol–water partition coefficient (Wildman–Crippen LogP) is 2.72. The van der Waals surface area contributed by atoms with Gasteiger partial charge in [-0.25, -0.2) is 0 Å². The van der Waals surface area contributed by atoms with Crippen molar-refractivity contribution in [2.24, 2.45) is 5.73 Å². The van der Waals surface area contributed by atoms with Crippen LogP contribution in [0, 0.1) is 0 Å². The maximum Gasteiger partial charge on any atom is 0.119 e. The molecule has 0 aliphatic heterocycles. The molecule has 0 aliphatic rings. The normalized spacial score (nSPS) is 12.1. The van der Waals surface area contributed by atoms with Crippen molar-refractivity contribution in [3.05, 3.63) is 59.9 Å². The molecular formula is C15H18N2O. The lowest BCUT2D eigenvalue weighted by atomic mass is 10.1. The van der Waals surface area contributed by atoms with Crippen molar-refractivity contribution in [2.75, 3.05) is 6.61 Å². The van der Waals surface area contributed by atoms with Crippen molar-refractivity contribution >= 4 is 0 Å². The molecular weight excluding hydrogens is 224 g/mol. The topological polar surface area (TPSA) is 48.1 Å². The van der Waals surface area contributed by atoms with Crippen LogP contribution >= 0.6 is 0 Å². The maximum atomic E-state index is 5.84. The van der Waals surface area contributed by atoms with Crippen LogP contribution in [0.5, 0.6) is 5.75 Å². The minimum absolute atomic E-state index is 0.0359. The van der Waals surface area contributed by atoms with Gasteiger partial charge in [-0.3, -0.25) is 4.98 Å². The number of nitrogens with zero attached hydrogens (tertiary/aromatic N) is 1. The van der Waals surface area contributed by atoms with E-state index in [9.17, 15) is 0 Å². The first-order chi connectivity index (χ1) is 8.75. The minimum Gasteiger partial charge on any atom is -0.493 e. The zero-order chi connectivity index (χ0) is 12.8. The van der Waals surface area contributed by atoms with Gasteiger partial charge in [0.1, 0.15) is 5.75 Å². The van der Waals surface area contributed by atoms with Crippen molar-refractivity contribution in [1.29, 1.82) is 0 Å². The molecule has 0 amide bonds. The summed E-state index contributed by atoms with van der Waals surface area (Å²) in [4.78, 5) is 3.99. The molecule has 1 heterocycles. The lowest BCUT2D eigenvalue weighted by molar-refractivity contribution is 0.321. The van der Waals surface area contributed by atoms with Gasteiger partial charge in [0, 0.05) is 24.9 Å². The number of benzene rings is 1. The van der Waals surface area contributed by atoms with Crippen LogP contribution in [0.3, 0.4) is 0 Å². The summed E-state index contributed by atoms with van der Waals surface area (Å²) < 4.78 is 5.72. The molecule has 0 saturated carbocycles. The van der Waals surface area contributed by atoms with E-state index in [1.807, 2.05) is 43.3 Å². The third-order valence-corrected chi connectivity index (χ3v) is 2.79.